The predicted octanol–water partition coefficient (Wildman–Crippen LogP) is 6.79. The van der Waals surface area contributed by atoms with Crippen molar-refractivity contribution >= 4 is 0 Å². The quantitative estimate of drug-likeness (QED) is 0.273. The third-order valence-electron chi connectivity index (χ3n) is 4.75. The van der Waals surface area contributed by atoms with Gasteiger partial charge in [-0.05, 0) is 57.2 Å². The molecular weight excluding hydrogens is 386 g/mol. The Morgan fingerprint density at radius 3 is 2.13 bits per heavy atom. The van der Waals surface area contributed by atoms with Crippen molar-refractivity contribution in [3.63, 3.8) is 0 Å². The molecule has 2 N–H and O–H groups in total. The molecule has 4 heteroatoms. The molecule has 31 heavy (non-hydrogen) atoms. The van der Waals surface area contributed by atoms with Gasteiger partial charge in [0, 0.05) is 19.3 Å². The molecule has 0 saturated carbocycles. The third kappa shape index (κ3) is 20.6. The fourth-order valence-corrected chi connectivity index (χ4v) is 2.99. The zero-order chi connectivity index (χ0) is 23.3. The van der Waals surface area contributed by atoms with Gasteiger partial charge in [0.15, 0.2) is 0 Å². The van der Waals surface area contributed by atoms with E-state index in [2.05, 4.69) is 39.0 Å². The van der Waals surface area contributed by atoms with Gasteiger partial charge < -0.3 is 19.9 Å². The van der Waals surface area contributed by atoms with Crippen molar-refractivity contribution in [2.75, 3.05) is 26.4 Å². The highest BCUT2D eigenvalue weighted by Crippen LogP contribution is 2.16. The maximum atomic E-state index is 5.70. The molecule has 1 rings (SSSR count). The molecule has 0 saturated heterocycles. The number of rotatable bonds is 17. The van der Waals surface area contributed by atoms with Gasteiger partial charge in [0.2, 0.25) is 0 Å². The maximum Gasteiger partial charge on any atom is 0.119 e. The number of hydrogen-bond donors (Lipinski definition) is 1. The Morgan fingerprint density at radius 1 is 0.839 bits per heavy atom. The van der Waals surface area contributed by atoms with E-state index in [9.17, 15) is 0 Å². The molecular formula is C27H51NO3. The summed E-state index contributed by atoms with van der Waals surface area (Å²) in [5.41, 5.74) is 7.08. The molecule has 0 bridgehead atoms. The van der Waals surface area contributed by atoms with Crippen LogP contribution < -0.4 is 10.5 Å². The largest absolute Gasteiger partial charge is 0.492 e. The lowest BCUT2D eigenvalue weighted by Crippen LogP contribution is -2.23. The topological polar surface area (TPSA) is 53.7 Å². The SMILES string of the molecule is CCCCCCCCCc1cccc(OCC(C)N)c1.CCOCC(C)OCC(C)C. The summed E-state index contributed by atoms with van der Waals surface area (Å²) in [5.74, 6) is 1.56. The van der Waals surface area contributed by atoms with Crippen molar-refractivity contribution in [1.82, 2.24) is 0 Å². The lowest BCUT2D eigenvalue weighted by atomic mass is 10.0. The molecule has 0 aliphatic heterocycles. The van der Waals surface area contributed by atoms with E-state index in [0.29, 0.717) is 19.1 Å². The highest BCUT2D eigenvalue weighted by Gasteiger charge is 2.02. The van der Waals surface area contributed by atoms with Gasteiger partial charge in [-0.2, -0.15) is 0 Å². The molecule has 0 heterocycles. The zero-order valence-electron chi connectivity index (χ0n) is 21.3. The van der Waals surface area contributed by atoms with Crippen molar-refractivity contribution < 1.29 is 14.2 Å². The van der Waals surface area contributed by atoms with Crippen LogP contribution in [0.4, 0.5) is 0 Å². The van der Waals surface area contributed by atoms with Crippen LogP contribution in [0.2, 0.25) is 0 Å². The molecule has 4 nitrogen and oxygen atoms in total. The van der Waals surface area contributed by atoms with Crippen LogP contribution in [0.5, 0.6) is 5.75 Å². The Labute approximate surface area is 193 Å². The van der Waals surface area contributed by atoms with Gasteiger partial charge in [0.25, 0.3) is 0 Å². The first-order valence-corrected chi connectivity index (χ1v) is 12.6. The summed E-state index contributed by atoms with van der Waals surface area (Å²) in [6.07, 6.45) is 10.9. The highest BCUT2D eigenvalue weighted by molar-refractivity contribution is 5.28. The number of ether oxygens (including phenoxy) is 3. The standard InChI is InChI=1S/C18H31NO.C9H20O2/c1-3-4-5-6-7-8-9-11-17-12-10-13-18(14-17)20-15-16(2)19;1-5-10-7-9(4)11-6-8(2)3/h10,12-14,16H,3-9,11,15,19H2,1-2H3;8-9H,5-7H2,1-4H3. The zero-order valence-corrected chi connectivity index (χ0v) is 21.3. The summed E-state index contributed by atoms with van der Waals surface area (Å²) in [6, 6.07) is 8.51. The van der Waals surface area contributed by atoms with Crippen LogP contribution in [0.3, 0.4) is 0 Å². The summed E-state index contributed by atoms with van der Waals surface area (Å²) < 4.78 is 16.3. The summed E-state index contributed by atoms with van der Waals surface area (Å²) in [6.45, 7) is 15.4. The summed E-state index contributed by atoms with van der Waals surface area (Å²) in [4.78, 5) is 0. The molecule has 0 spiro atoms. The van der Waals surface area contributed by atoms with Gasteiger partial charge in [-0.3, -0.25) is 0 Å². The smallest absolute Gasteiger partial charge is 0.119 e. The Morgan fingerprint density at radius 2 is 1.52 bits per heavy atom. The Kier molecular flexibility index (Phi) is 20.0. The second-order valence-corrected chi connectivity index (χ2v) is 9.00. The molecule has 0 amide bonds. The fourth-order valence-electron chi connectivity index (χ4n) is 2.99. The van der Waals surface area contributed by atoms with Gasteiger partial charge >= 0.3 is 0 Å². The Balaban J connectivity index is 0.000000695. The third-order valence-corrected chi connectivity index (χ3v) is 4.75. The number of hydrogen-bond acceptors (Lipinski definition) is 4. The fraction of sp³-hybridized carbons (Fsp3) is 0.778. The van der Waals surface area contributed by atoms with Crippen LogP contribution in [-0.4, -0.2) is 38.6 Å². The van der Waals surface area contributed by atoms with Crippen LogP contribution in [0.15, 0.2) is 24.3 Å². The molecule has 0 fully saturated rings. The van der Waals surface area contributed by atoms with E-state index in [-0.39, 0.29) is 12.1 Å². The molecule has 2 unspecified atom stereocenters. The first-order valence-electron chi connectivity index (χ1n) is 12.6. The summed E-state index contributed by atoms with van der Waals surface area (Å²) in [5, 5.41) is 0. The molecule has 0 aliphatic carbocycles. The van der Waals surface area contributed by atoms with Crippen molar-refractivity contribution in [1.29, 1.82) is 0 Å². The molecule has 2 atom stereocenters. The minimum Gasteiger partial charge on any atom is -0.492 e. The van der Waals surface area contributed by atoms with E-state index in [1.807, 2.05) is 26.8 Å². The molecule has 0 radical (unpaired) electrons. The number of unbranched alkanes of at least 4 members (excludes halogenated alkanes) is 6. The molecule has 1 aromatic carbocycles. The van der Waals surface area contributed by atoms with E-state index in [4.69, 9.17) is 19.9 Å². The van der Waals surface area contributed by atoms with Crippen molar-refractivity contribution in [3.05, 3.63) is 29.8 Å². The minimum atomic E-state index is 0.0850. The molecule has 182 valence electrons. The van der Waals surface area contributed by atoms with Gasteiger partial charge in [0.05, 0.1) is 12.7 Å². The van der Waals surface area contributed by atoms with Crippen molar-refractivity contribution in [2.24, 2.45) is 11.7 Å². The van der Waals surface area contributed by atoms with Gasteiger partial charge in [-0.1, -0.05) is 71.4 Å². The summed E-state index contributed by atoms with van der Waals surface area (Å²) in [7, 11) is 0. The van der Waals surface area contributed by atoms with Crippen LogP contribution in [0.1, 0.15) is 92.1 Å². The Hall–Kier alpha value is -1.10. The van der Waals surface area contributed by atoms with E-state index in [1.54, 1.807) is 0 Å². The second kappa shape index (κ2) is 20.8. The van der Waals surface area contributed by atoms with Gasteiger partial charge in [-0.25, -0.2) is 0 Å². The number of benzene rings is 1. The first-order chi connectivity index (χ1) is 14.9. The maximum absolute atomic E-state index is 5.70. The predicted molar refractivity (Wildman–Crippen MR) is 134 cm³/mol. The second-order valence-electron chi connectivity index (χ2n) is 9.00. The Bertz CT molecular complexity index is 505. The van der Waals surface area contributed by atoms with Gasteiger partial charge in [0.1, 0.15) is 12.4 Å². The van der Waals surface area contributed by atoms with E-state index >= 15 is 0 Å². The van der Waals surface area contributed by atoms with E-state index < -0.39 is 0 Å². The number of aryl methyl sites for hydroxylation is 1. The lowest BCUT2D eigenvalue weighted by Gasteiger charge is -2.14. The van der Waals surface area contributed by atoms with Crippen LogP contribution in [0.25, 0.3) is 0 Å². The highest BCUT2D eigenvalue weighted by atomic mass is 16.5. The average Bonchev–Trinajstić information content (AvgIpc) is 2.75. The molecule has 1 aromatic rings. The summed E-state index contributed by atoms with van der Waals surface area (Å²) >= 11 is 0. The first kappa shape index (κ1) is 29.9. The van der Waals surface area contributed by atoms with E-state index in [0.717, 1.165) is 25.4 Å². The van der Waals surface area contributed by atoms with Crippen LogP contribution in [-0.2, 0) is 15.9 Å². The normalized spacial score (nSPS) is 12.9. The van der Waals surface area contributed by atoms with Crippen LogP contribution >= 0.6 is 0 Å². The molecule has 0 aliphatic rings. The average molecular weight is 438 g/mol. The van der Waals surface area contributed by atoms with Crippen molar-refractivity contribution in [3.8, 4) is 5.75 Å². The van der Waals surface area contributed by atoms with E-state index in [1.165, 1.54) is 50.5 Å². The van der Waals surface area contributed by atoms with Gasteiger partial charge in [-0.15, -0.1) is 0 Å². The number of nitrogens with two attached hydrogens (primary N) is 1. The van der Waals surface area contributed by atoms with Crippen LogP contribution in [0, 0.1) is 5.92 Å². The van der Waals surface area contributed by atoms with Crippen molar-refractivity contribution in [2.45, 2.75) is 105 Å². The lowest BCUT2D eigenvalue weighted by molar-refractivity contribution is -0.0130. The monoisotopic (exact) mass is 437 g/mol. The minimum absolute atomic E-state index is 0.0850. The molecule has 0 aromatic heterocycles.